The van der Waals surface area contributed by atoms with Gasteiger partial charge in [0, 0.05) is 18.7 Å². The van der Waals surface area contributed by atoms with E-state index in [0.29, 0.717) is 18.8 Å². The van der Waals surface area contributed by atoms with Gasteiger partial charge in [0.15, 0.2) is 9.84 Å². The molecule has 7 heteroatoms. The molecule has 1 aromatic rings. The maximum Gasteiger partial charge on any atom is 0.234 e. The fourth-order valence-corrected chi connectivity index (χ4v) is 2.42. The average Bonchev–Trinajstić information content (AvgIpc) is 2.36. The zero-order chi connectivity index (χ0) is 16.0. The number of sulfone groups is 1. The van der Waals surface area contributed by atoms with Crippen LogP contribution < -0.4 is 15.8 Å². The molecule has 1 atom stereocenters. The molecule has 3 N–H and O–H groups in total. The number of carbonyl (C=O) groups excluding carboxylic acids is 1. The Bertz CT molecular complexity index is 567. The lowest BCUT2D eigenvalue weighted by Crippen LogP contribution is -2.45. The third-order valence-corrected chi connectivity index (χ3v) is 3.93. The molecule has 1 rings (SSSR count). The van der Waals surface area contributed by atoms with Crippen molar-refractivity contribution in [2.75, 3.05) is 12.9 Å². The van der Waals surface area contributed by atoms with Crippen LogP contribution in [-0.2, 0) is 14.6 Å². The molecule has 0 bridgehead atoms. The molecule has 0 saturated carbocycles. The molecule has 0 fully saturated rings. The summed E-state index contributed by atoms with van der Waals surface area (Å²) < 4.78 is 28.1. The standard InChI is InChI=1S/C14H22N2O4S/c1-10(2)16-13(14(15)17)8-9-20-11-4-6-12(7-5-11)21(3,18)19/h4-7,10,13,16H,8-9H2,1-3H3,(H2,15,17). The number of hydrogen-bond donors (Lipinski definition) is 2. The molecule has 0 radical (unpaired) electrons. The van der Waals surface area contributed by atoms with Gasteiger partial charge in [-0.05, 0) is 24.3 Å². The second-order valence-corrected chi connectivity index (χ2v) is 7.17. The van der Waals surface area contributed by atoms with Gasteiger partial charge in [0.2, 0.25) is 5.91 Å². The molecule has 6 nitrogen and oxygen atoms in total. The van der Waals surface area contributed by atoms with Crippen LogP contribution in [-0.4, -0.2) is 39.3 Å². The van der Waals surface area contributed by atoms with Crippen molar-refractivity contribution in [3.63, 3.8) is 0 Å². The summed E-state index contributed by atoms with van der Waals surface area (Å²) in [5.74, 6) is 0.134. The second-order valence-electron chi connectivity index (χ2n) is 5.16. The highest BCUT2D eigenvalue weighted by Gasteiger charge is 2.16. The Labute approximate surface area is 125 Å². The summed E-state index contributed by atoms with van der Waals surface area (Å²) in [6.07, 6.45) is 1.60. The summed E-state index contributed by atoms with van der Waals surface area (Å²) >= 11 is 0. The smallest absolute Gasteiger partial charge is 0.234 e. The minimum atomic E-state index is -3.20. The maximum atomic E-state index is 11.3. The largest absolute Gasteiger partial charge is 0.494 e. The van der Waals surface area contributed by atoms with Crippen molar-refractivity contribution in [3.05, 3.63) is 24.3 Å². The van der Waals surface area contributed by atoms with Gasteiger partial charge in [-0.25, -0.2) is 8.42 Å². The number of primary amides is 1. The number of amides is 1. The van der Waals surface area contributed by atoms with E-state index in [9.17, 15) is 13.2 Å². The minimum absolute atomic E-state index is 0.150. The van der Waals surface area contributed by atoms with Gasteiger partial charge in [-0.3, -0.25) is 4.79 Å². The Morgan fingerprint density at radius 2 is 1.86 bits per heavy atom. The van der Waals surface area contributed by atoms with Gasteiger partial charge in [-0.2, -0.15) is 0 Å². The first kappa shape index (κ1) is 17.5. The van der Waals surface area contributed by atoms with Crippen molar-refractivity contribution < 1.29 is 17.9 Å². The highest BCUT2D eigenvalue weighted by molar-refractivity contribution is 7.90. The molecule has 0 aliphatic heterocycles. The molecule has 0 aliphatic carbocycles. The van der Waals surface area contributed by atoms with Crippen LogP contribution in [0.15, 0.2) is 29.2 Å². The molecule has 0 aliphatic rings. The summed E-state index contributed by atoms with van der Waals surface area (Å²) in [6.45, 7) is 4.17. The average molecular weight is 314 g/mol. The van der Waals surface area contributed by atoms with E-state index in [0.717, 1.165) is 6.26 Å². The Balaban J connectivity index is 2.53. The van der Waals surface area contributed by atoms with E-state index in [1.807, 2.05) is 13.8 Å². The summed E-state index contributed by atoms with van der Waals surface area (Å²) in [4.78, 5) is 11.5. The molecule has 1 aromatic carbocycles. The Morgan fingerprint density at radius 1 is 1.29 bits per heavy atom. The van der Waals surface area contributed by atoms with Crippen LogP contribution in [0.1, 0.15) is 20.3 Å². The van der Waals surface area contributed by atoms with Crippen LogP contribution in [0.4, 0.5) is 0 Å². The summed E-state index contributed by atoms with van der Waals surface area (Å²) in [6, 6.07) is 5.86. The molecule has 21 heavy (non-hydrogen) atoms. The lowest BCUT2D eigenvalue weighted by atomic mass is 10.2. The topological polar surface area (TPSA) is 98.5 Å². The van der Waals surface area contributed by atoms with Gasteiger partial charge in [-0.1, -0.05) is 13.8 Å². The number of rotatable bonds is 8. The first-order valence-corrected chi connectivity index (χ1v) is 8.57. The van der Waals surface area contributed by atoms with Crippen LogP contribution in [0, 0.1) is 0 Å². The van der Waals surface area contributed by atoms with E-state index in [1.165, 1.54) is 12.1 Å². The Hall–Kier alpha value is -1.60. The fourth-order valence-electron chi connectivity index (χ4n) is 1.79. The summed E-state index contributed by atoms with van der Waals surface area (Å²) in [7, 11) is -3.20. The van der Waals surface area contributed by atoms with Gasteiger partial charge in [0.1, 0.15) is 5.75 Å². The van der Waals surface area contributed by atoms with Gasteiger partial charge in [-0.15, -0.1) is 0 Å². The molecular formula is C14H22N2O4S. The Morgan fingerprint density at radius 3 is 2.29 bits per heavy atom. The van der Waals surface area contributed by atoms with Crippen LogP contribution >= 0.6 is 0 Å². The van der Waals surface area contributed by atoms with Gasteiger partial charge in [0.05, 0.1) is 17.5 Å². The third kappa shape index (κ3) is 6.14. The molecule has 0 heterocycles. The zero-order valence-electron chi connectivity index (χ0n) is 12.5. The third-order valence-electron chi connectivity index (χ3n) is 2.81. The number of ether oxygens (including phenoxy) is 1. The number of nitrogens with one attached hydrogen (secondary N) is 1. The normalized spacial score (nSPS) is 13.1. The predicted molar refractivity (Wildman–Crippen MR) is 80.9 cm³/mol. The highest BCUT2D eigenvalue weighted by atomic mass is 32.2. The van der Waals surface area contributed by atoms with Gasteiger partial charge in [0.25, 0.3) is 0 Å². The molecule has 1 unspecified atom stereocenters. The van der Waals surface area contributed by atoms with Crippen molar-refractivity contribution in [1.29, 1.82) is 0 Å². The number of nitrogens with two attached hydrogens (primary N) is 1. The van der Waals surface area contributed by atoms with Gasteiger partial charge >= 0.3 is 0 Å². The van der Waals surface area contributed by atoms with Crippen LogP contribution in [0.5, 0.6) is 5.75 Å². The molecular weight excluding hydrogens is 292 g/mol. The lowest BCUT2D eigenvalue weighted by Gasteiger charge is -2.18. The monoisotopic (exact) mass is 314 g/mol. The summed E-state index contributed by atoms with van der Waals surface area (Å²) in [5, 5.41) is 3.06. The van der Waals surface area contributed by atoms with Crippen molar-refractivity contribution in [2.24, 2.45) is 5.73 Å². The van der Waals surface area contributed by atoms with Crippen LogP contribution in [0.2, 0.25) is 0 Å². The number of benzene rings is 1. The molecule has 0 spiro atoms. The summed E-state index contributed by atoms with van der Waals surface area (Å²) in [5.41, 5.74) is 5.31. The van der Waals surface area contributed by atoms with E-state index in [2.05, 4.69) is 5.32 Å². The zero-order valence-corrected chi connectivity index (χ0v) is 13.3. The number of hydrogen-bond acceptors (Lipinski definition) is 5. The van der Waals surface area contributed by atoms with Crippen LogP contribution in [0.3, 0.4) is 0 Å². The predicted octanol–water partition coefficient (Wildman–Crippen LogP) is 0.711. The van der Waals surface area contributed by atoms with Crippen molar-refractivity contribution >= 4 is 15.7 Å². The van der Waals surface area contributed by atoms with Crippen molar-refractivity contribution in [1.82, 2.24) is 5.32 Å². The number of carbonyl (C=O) groups is 1. The quantitative estimate of drug-likeness (QED) is 0.736. The van der Waals surface area contributed by atoms with E-state index in [-0.39, 0.29) is 10.9 Å². The fraction of sp³-hybridized carbons (Fsp3) is 0.500. The minimum Gasteiger partial charge on any atom is -0.494 e. The van der Waals surface area contributed by atoms with E-state index in [1.54, 1.807) is 12.1 Å². The van der Waals surface area contributed by atoms with E-state index < -0.39 is 21.8 Å². The van der Waals surface area contributed by atoms with Crippen molar-refractivity contribution in [2.45, 2.75) is 37.2 Å². The second kappa shape index (κ2) is 7.42. The lowest BCUT2D eigenvalue weighted by molar-refractivity contribution is -0.120. The highest BCUT2D eigenvalue weighted by Crippen LogP contribution is 2.16. The molecule has 118 valence electrons. The van der Waals surface area contributed by atoms with Gasteiger partial charge < -0.3 is 15.8 Å². The first-order chi connectivity index (χ1) is 9.70. The SMILES string of the molecule is CC(C)NC(CCOc1ccc(S(C)(=O)=O)cc1)C(N)=O. The maximum absolute atomic E-state index is 11.3. The van der Waals surface area contributed by atoms with E-state index in [4.69, 9.17) is 10.5 Å². The first-order valence-electron chi connectivity index (χ1n) is 6.68. The van der Waals surface area contributed by atoms with Crippen molar-refractivity contribution in [3.8, 4) is 5.75 Å². The molecule has 0 saturated heterocycles. The van der Waals surface area contributed by atoms with Crippen LogP contribution in [0.25, 0.3) is 0 Å². The molecule has 1 amide bonds. The molecule has 0 aromatic heterocycles. The Kier molecular flexibility index (Phi) is 6.17. The van der Waals surface area contributed by atoms with E-state index >= 15 is 0 Å².